The molecule has 0 bridgehead atoms. The fourth-order valence-electron chi connectivity index (χ4n) is 4.09. The van der Waals surface area contributed by atoms with E-state index in [2.05, 4.69) is 19.2 Å². The van der Waals surface area contributed by atoms with Crippen LogP contribution in [0, 0.1) is 23.7 Å². The van der Waals surface area contributed by atoms with E-state index < -0.39 is 0 Å². The van der Waals surface area contributed by atoms with Crippen LogP contribution < -0.4 is 11.1 Å². The Hall–Kier alpha value is -0.280. The van der Waals surface area contributed by atoms with Crippen LogP contribution in [-0.2, 0) is 4.79 Å². The number of nitrogens with one attached hydrogen (secondary N) is 1. The third-order valence-corrected chi connectivity index (χ3v) is 5.30. The number of halogens is 1. The molecule has 0 aromatic heterocycles. The zero-order valence-corrected chi connectivity index (χ0v) is 13.8. The summed E-state index contributed by atoms with van der Waals surface area (Å²) in [5.74, 6) is 2.21. The zero-order valence-electron chi connectivity index (χ0n) is 12.9. The summed E-state index contributed by atoms with van der Waals surface area (Å²) in [6.45, 7) is 5.23. The molecule has 0 aliphatic heterocycles. The van der Waals surface area contributed by atoms with Gasteiger partial charge < -0.3 is 11.1 Å². The monoisotopic (exact) mass is 302 g/mol. The molecule has 0 spiro atoms. The Balaban J connectivity index is 0.00000200. The minimum absolute atomic E-state index is 0. The minimum Gasteiger partial charge on any atom is -0.353 e. The summed E-state index contributed by atoms with van der Waals surface area (Å²) in [5, 5.41) is 3.36. The summed E-state index contributed by atoms with van der Waals surface area (Å²) in [4.78, 5) is 12.5. The van der Waals surface area contributed by atoms with Gasteiger partial charge in [0.2, 0.25) is 5.91 Å². The number of carbonyl (C=O) groups is 1. The number of rotatable bonds is 4. The summed E-state index contributed by atoms with van der Waals surface area (Å²) in [5.41, 5.74) is 5.79. The van der Waals surface area contributed by atoms with Gasteiger partial charge in [-0.15, -0.1) is 12.4 Å². The second-order valence-electron chi connectivity index (χ2n) is 6.84. The van der Waals surface area contributed by atoms with E-state index in [0.29, 0.717) is 30.3 Å². The molecule has 2 aliphatic carbocycles. The Labute approximate surface area is 129 Å². The molecule has 0 heterocycles. The third-order valence-electron chi connectivity index (χ3n) is 5.30. The van der Waals surface area contributed by atoms with E-state index in [-0.39, 0.29) is 24.2 Å². The molecule has 2 aliphatic rings. The van der Waals surface area contributed by atoms with Crippen molar-refractivity contribution >= 4 is 18.3 Å². The first-order valence-electron chi connectivity index (χ1n) is 8.14. The first-order valence-corrected chi connectivity index (χ1v) is 8.14. The van der Waals surface area contributed by atoms with E-state index in [0.717, 1.165) is 25.7 Å². The van der Waals surface area contributed by atoms with Crippen LogP contribution in [0.15, 0.2) is 0 Å². The maximum Gasteiger partial charge on any atom is 0.223 e. The number of hydrogen-bond acceptors (Lipinski definition) is 2. The van der Waals surface area contributed by atoms with Gasteiger partial charge in [0.15, 0.2) is 0 Å². The highest BCUT2D eigenvalue weighted by molar-refractivity contribution is 5.85. The second-order valence-corrected chi connectivity index (χ2v) is 6.84. The predicted molar refractivity (Wildman–Crippen MR) is 85.9 cm³/mol. The Morgan fingerprint density at radius 1 is 1.15 bits per heavy atom. The summed E-state index contributed by atoms with van der Waals surface area (Å²) in [6.07, 6.45) is 8.35. The molecule has 4 atom stereocenters. The van der Waals surface area contributed by atoms with Gasteiger partial charge in [-0.25, -0.2) is 0 Å². The average Bonchev–Trinajstić information content (AvgIpc) is 2.87. The lowest BCUT2D eigenvalue weighted by Gasteiger charge is -2.36. The van der Waals surface area contributed by atoms with E-state index >= 15 is 0 Å². The Kier molecular flexibility index (Phi) is 7.32. The standard InChI is InChI=1S/C16H30N2O.ClH/c1-11(2)13-7-3-4-9-15(13)18-16(19)14-8-5-6-12(14)10-17;/h11-15H,3-10,17H2,1-2H3,(H,18,19);1H/t12-,13?,14-,15?;/m1./s1. The fourth-order valence-corrected chi connectivity index (χ4v) is 4.09. The van der Waals surface area contributed by atoms with Crippen molar-refractivity contribution in [3.8, 4) is 0 Å². The van der Waals surface area contributed by atoms with Crippen molar-refractivity contribution in [2.24, 2.45) is 29.4 Å². The van der Waals surface area contributed by atoms with Crippen molar-refractivity contribution in [1.29, 1.82) is 0 Å². The number of hydrogen-bond donors (Lipinski definition) is 2. The molecule has 20 heavy (non-hydrogen) atoms. The van der Waals surface area contributed by atoms with E-state index in [4.69, 9.17) is 5.73 Å². The van der Waals surface area contributed by atoms with Gasteiger partial charge >= 0.3 is 0 Å². The summed E-state index contributed by atoms with van der Waals surface area (Å²) in [6, 6.07) is 0.403. The van der Waals surface area contributed by atoms with Gasteiger partial charge in [-0.2, -0.15) is 0 Å². The molecule has 118 valence electrons. The topological polar surface area (TPSA) is 55.1 Å². The van der Waals surface area contributed by atoms with E-state index in [1.807, 2.05) is 0 Å². The highest BCUT2D eigenvalue weighted by Gasteiger charge is 2.35. The molecule has 1 amide bonds. The first kappa shape index (κ1) is 17.8. The van der Waals surface area contributed by atoms with Crippen LogP contribution >= 0.6 is 12.4 Å². The average molecular weight is 303 g/mol. The number of nitrogens with two attached hydrogens (primary N) is 1. The van der Waals surface area contributed by atoms with Gasteiger partial charge in [-0.1, -0.05) is 33.1 Å². The maximum absolute atomic E-state index is 12.5. The largest absolute Gasteiger partial charge is 0.353 e. The Morgan fingerprint density at radius 2 is 1.85 bits per heavy atom. The smallest absolute Gasteiger partial charge is 0.223 e. The number of carbonyl (C=O) groups excluding carboxylic acids is 1. The van der Waals surface area contributed by atoms with Crippen molar-refractivity contribution in [3.05, 3.63) is 0 Å². The first-order chi connectivity index (χ1) is 9.13. The molecule has 0 saturated heterocycles. The van der Waals surface area contributed by atoms with Gasteiger partial charge in [-0.05, 0) is 50.0 Å². The van der Waals surface area contributed by atoms with Crippen LogP contribution in [0.5, 0.6) is 0 Å². The van der Waals surface area contributed by atoms with Crippen molar-refractivity contribution < 1.29 is 4.79 Å². The summed E-state index contributed by atoms with van der Waals surface area (Å²) in [7, 11) is 0. The number of amides is 1. The molecule has 0 aromatic rings. The fraction of sp³-hybridized carbons (Fsp3) is 0.938. The molecule has 3 nitrogen and oxygen atoms in total. The lowest BCUT2D eigenvalue weighted by Crippen LogP contribution is -2.47. The third kappa shape index (κ3) is 4.11. The normalized spacial score (nSPS) is 33.8. The van der Waals surface area contributed by atoms with Crippen LogP contribution in [0.1, 0.15) is 58.8 Å². The van der Waals surface area contributed by atoms with Gasteiger partial charge in [0, 0.05) is 12.0 Å². The van der Waals surface area contributed by atoms with Crippen molar-refractivity contribution in [3.63, 3.8) is 0 Å². The molecule has 2 rings (SSSR count). The highest BCUT2D eigenvalue weighted by atomic mass is 35.5. The van der Waals surface area contributed by atoms with Gasteiger partial charge in [0.1, 0.15) is 0 Å². The Bertz CT molecular complexity index is 309. The minimum atomic E-state index is 0. The highest BCUT2D eigenvalue weighted by Crippen LogP contribution is 2.33. The van der Waals surface area contributed by atoms with E-state index in [1.165, 1.54) is 19.3 Å². The maximum atomic E-state index is 12.5. The van der Waals surface area contributed by atoms with Gasteiger partial charge in [0.25, 0.3) is 0 Å². The molecular weight excluding hydrogens is 272 g/mol. The molecular formula is C16H31ClN2O. The van der Waals surface area contributed by atoms with Crippen LogP contribution in [0.4, 0.5) is 0 Å². The molecule has 0 radical (unpaired) electrons. The molecule has 3 N–H and O–H groups in total. The van der Waals surface area contributed by atoms with Gasteiger partial charge in [0.05, 0.1) is 0 Å². The SMILES string of the molecule is CC(C)C1CCCCC1NC(=O)[C@@H]1CCC[C@@H]1CN.Cl. The predicted octanol–water partition coefficient (Wildman–Crippen LogP) is 3.11. The lowest BCUT2D eigenvalue weighted by molar-refractivity contribution is -0.127. The zero-order chi connectivity index (χ0) is 13.8. The van der Waals surface area contributed by atoms with Crippen LogP contribution in [0.25, 0.3) is 0 Å². The van der Waals surface area contributed by atoms with Crippen molar-refractivity contribution in [1.82, 2.24) is 5.32 Å². The Morgan fingerprint density at radius 3 is 2.50 bits per heavy atom. The molecule has 4 heteroatoms. The second kappa shape index (κ2) is 8.23. The van der Waals surface area contributed by atoms with Gasteiger partial charge in [-0.3, -0.25) is 4.79 Å². The molecule has 2 unspecified atom stereocenters. The van der Waals surface area contributed by atoms with Crippen LogP contribution in [0.3, 0.4) is 0 Å². The summed E-state index contributed by atoms with van der Waals surface area (Å²) >= 11 is 0. The van der Waals surface area contributed by atoms with E-state index in [9.17, 15) is 4.79 Å². The van der Waals surface area contributed by atoms with E-state index in [1.54, 1.807) is 0 Å². The van der Waals surface area contributed by atoms with Crippen LogP contribution in [0.2, 0.25) is 0 Å². The molecule has 2 saturated carbocycles. The quantitative estimate of drug-likeness (QED) is 0.838. The molecule has 0 aromatic carbocycles. The van der Waals surface area contributed by atoms with Crippen molar-refractivity contribution in [2.45, 2.75) is 64.8 Å². The summed E-state index contributed by atoms with van der Waals surface area (Å²) < 4.78 is 0. The van der Waals surface area contributed by atoms with Crippen LogP contribution in [-0.4, -0.2) is 18.5 Å². The lowest BCUT2D eigenvalue weighted by atomic mass is 9.77. The molecule has 2 fully saturated rings. The van der Waals surface area contributed by atoms with Crippen molar-refractivity contribution in [2.75, 3.05) is 6.54 Å².